The first-order chi connectivity index (χ1) is 7.63. The normalized spacial score (nSPS) is 17.1. The van der Waals surface area contributed by atoms with E-state index in [4.69, 9.17) is 12.2 Å². The molecule has 16 heavy (non-hydrogen) atoms. The monoisotopic (exact) mass is 239 g/mol. The third-order valence-electron chi connectivity index (χ3n) is 2.94. The van der Waals surface area contributed by atoms with Crippen molar-refractivity contribution < 1.29 is 4.79 Å². The second kappa shape index (κ2) is 4.41. The molecule has 0 bridgehead atoms. The number of aromatic nitrogens is 2. The van der Waals surface area contributed by atoms with Crippen LogP contribution < -0.4 is 5.32 Å². The van der Waals surface area contributed by atoms with Crippen LogP contribution in [-0.2, 0) is 11.2 Å². The van der Waals surface area contributed by atoms with Crippen molar-refractivity contribution in [3.8, 4) is 0 Å². The quantitative estimate of drug-likeness (QED) is 0.789. The van der Waals surface area contributed by atoms with Gasteiger partial charge in [0.05, 0.1) is 0 Å². The van der Waals surface area contributed by atoms with Gasteiger partial charge < -0.3 is 14.9 Å². The maximum Gasteiger partial charge on any atom is 0.243 e. The molecule has 0 saturated heterocycles. The Morgan fingerprint density at radius 2 is 2.44 bits per heavy atom. The first kappa shape index (κ1) is 11.4. The fourth-order valence-corrected chi connectivity index (χ4v) is 2.11. The molecule has 1 aliphatic rings. The molecular weight excluding hydrogens is 222 g/mol. The van der Waals surface area contributed by atoms with Crippen molar-refractivity contribution in [1.29, 1.82) is 0 Å². The second-order valence-electron chi connectivity index (χ2n) is 4.27. The highest BCUT2D eigenvalue weighted by Gasteiger charge is 2.26. The average molecular weight is 239 g/mol. The van der Waals surface area contributed by atoms with Gasteiger partial charge in [-0.15, -0.1) is 0 Å². The molecular formula is C11H17N3OS. The highest BCUT2D eigenvalue weighted by atomic mass is 32.1. The molecule has 4 nitrogen and oxygen atoms in total. The van der Waals surface area contributed by atoms with E-state index in [2.05, 4.69) is 17.2 Å². The number of H-pyrrole nitrogens is 1. The standard InChI is InChI=1S/C11H17N3OS/c1-3-9-6-12-11(16)14(9)7(2)10(15)13-8-4-5-8/h6-8H,3-5H2,1-2H3,(H,12,16)(H,13,15). The van der Waals surface area contributed by atoms with Gasteiger partial charge in [0.15, 0.2) is 4.77 Å². The molecule has 1 aromatic heterocycles. The van der Waals surface area contributed by atoms with E-state index in [1.54, 1.807) is 0 Å². The molecule has 1 saturated carbocycles. The Morgan fingerprint density at radius 1 is 1.75 bits per heavy atom. The van der Waals surface area contributed by atoms with Gasteiger partial charge in [-0.1, -0.05) is 6.92 Å². The SMILES string of the molecule is CCc1c[nH]c(=S)n1C(C)C(=O)NC1CC1. The Labute approximate surface area is 100 Å². The van der Waals surface area contributed by atoms with E-state index in [0.29, 0.717) is 10.8 Å². The van der Waals surface area contributed by atoms with Crippen LogP contribution in [-0.4, -0.2) is 21.5 Å². The average Bonchev–Trinajstić information content (AvgIpc) is 2.99. The van der Waals surface area contributed by atoms with Gasteiger partial charge in [-0.25, -0.2) is 0 Å². The number of rotatable bonds is 4. The first-order valence-electron chi connectivity index (χ1n) is 5.72. The highest BCUT2D eigenvalue weighted by Crippen LogP contribution is 2.20. The van der Waals surface area contributed by atoms with Crippen LogP contribution in [0, 0.1) is 4.77 Å². The van der Waals surface area contributed by atoms with Crippen molar-refractivity contribution in [3.63, 3.8) is 0 Å². The lowest BCUT2D eigenvalue weighted by molar-refractivity contribution is -0.124. The molecule has 0 aliphatic heterocycles. The molecule has 1 atom stereocenters. The minimum absolute atomic E-state index is 0.0629. The first-order valence-corrected chi connectivity index (χ1v) is 6.13. The van der Waals surface area contributed by atoms with E-state index in [9.17, 15) is 4.79 Å². The second-order valence-corrected chi connectivity index (χ2v) is 4.65. The number of hydrogen-bond acceptors (Lipinski definition) is 2. The van der Waals surface area contributed by atoms with Crippen LogP contribution in [0.5, 0.6) is 0 Å². The number of nitrogens with zero attached hydrogens (tertiary/aromatic N) is 1. The van der Waals surface area contributed by atoms with Crippen molar-refractivity contribution >= 4 is 18.1 Å². The molecule has 1 amide bonds. The molecule has 0 aromatic carbocycles. The van der Waals surface area contributed by atoms with Crippen molar-refractivity contribution in [2.45, 2.75) is 45.2 Å². The fraction of sp³-hybridized carbons (Fsp3) is 0.636. The summed E-state index contributed by atoms with van der Waals surface area (Å²) < 4.78 is 2.52. The van der Waals surface area contributed by atoms with Gasteiger partial charge in [-0.2, -0.15) is 0 Å². The predicted octanol–water partition coefficient (Wildman–Crippen LogP) is 1.95. The summed E-state index contributed by atoms with van der Waals surface area (Å²) in [7, 11) is 0. The van der Waals surface area contributed by atoms with Gasteiger partial charge in [0.25, 0.3) is 0 Å². The summed E-state index contributed by atoms with van der Waals surface area (Å²) >= 11 is 5.19. The van der Waals surface area contributed by atoms with E-state index < -0.39 is 0 Å². The Hall–Kier alpha value is -1.10. The number of nitrogens with one attached hydrogen (secondary N) is 2. The zero-order chi connectivity index (χ0) is 11.7. The van der Waals surface area contributed by atoms with Gasteiger partial charge in [0.2, 0.25) is 5.91 Å². The summed E-state index contributed by atoms with van der Waals surface area (Å²) in [5.41, 5.74) is 1.07. The van der Waals surface area contributed by atoms with Gasteiger partial charge in [-0.3, -0.25) is 4.79 Å². The van der Waals surface area contributed by atoms with Gasteiger partial charge in [-0.05, 0) is 38.4 Å². The molecule has 1 aromatic rings. The van der Waals surface area contributed by atoms with Crippen LogP contribution in [0.1, 0.15) is 38.4 Å². The Kier molecular flexibility index (Phi) is 3.14. The molecule has 0 spiro atoms. The lowest BCUT2D eigenvalue weighted by Gasteiger charge is -2.15. The lowest BCUT2D eigenvalue weighted by Crippen LogP contribution is -2.33. The smallest absolute Gasteiger partial charge is 0.243 e. The van der Waals surface area contributed by atoms with Crippen LogP contribution in [0.25, 0.3) is 0 Å². The lowest BCUT2D eigenvalue weighted by atomic mass is 10.2. The molecule has 1 heterocycles. The molecule has 1 fully saturated rings. The van der Waals surface area contributed by atoms with E-state index in [-0.39, 0.29) is 11.9 Å². The number of amides is 1. The Morgan fingerprint density at radius 3 is 3.00 bits per heavy atom. The number of aromatic amines is 1. The molecule has 5 heteroatoms. The van der Waals surface area contributed by atoms with Gasteiger partial charge in [0.1, 0.15) is 6.04 Å². The summed E-state index contributed by atoms with van der Waals surface area (Å²) in [6, 6.07) is 0.169. The van der Waals surface area contributed by atoms with Crippen molar-refractivity contribution in [2.75, 3.05) is 0 Å². The van der Waals surface area contributed by atoms with Gasteiger partial charge >= 0.3 is 0 Å². The number of carbonyl (C=O) groups excluding carboxylic acids is 1. The molecule has 1 aliphatic carbocycles. The third kappa shape index (κ3) is 2.19. The largest absolute Gasteiger partial charge is 0.352 e. The van der Waals surface area contributed by atoms with Crippen LogP contribution in [0.3, 0.4) is 0 Å². The van der Waals surface area contributed by atoms with Crippen molar-refractivity contribution in [2.24, 2.45) is 0 Å². The van der Waals surface area contributed by atoms with Crippen LogP contribution in [0.2, 0.25) is 0 Å². The van der Waals surface area contributed by atoms with Crippen molar-refractivity contribution in [3.05, 3.63) is 16.7 Å². The van der Waals surface area contributed by atoms with Crippen LogP contribution >= 0.6 is 12.2 Å². The maximum atomic E-state index is 11.9. The zero-order valence-electron chi connectivity index (χ0n) is 9.62. The summed E-state index contributed by atoms with van der Waals surface area (Å²) in [6.07, 6.45) is 4.96. The number of carbonyl (C=O) groups is 1. The fourth-order valence-electron chi connectivity index (χ4n) is 1.78. The van der Waals surface area contributed by atoms with E-state index in [0.717, 1.165) is 25.0 Å². The summed E-state index contributed by atoms with van der Waals surface area (Å²) in [5, 5.41) is 3.00. The molecule has 88 valence electrons. The Balaban J connectivity index is 2.17. The topological polar surface area (TPSA) is 49.8 Å². The summed E-state index contributed by atoms with van der Waals surface area (Å²) in [5.74, 6) is 0.0629. The molecule has 0 radical (unpaired) electrons. The number of imidazole rings is 1. The summed E-state index contributed by atoms with van der Waals surface area (Å²) in [4.78, 5) is 14.9. The van der Waals surface area contributed by atoms with E-state index in [1.165, 1.54) is 0 Å². The Bertz CT molecular complexity index is 444. The number of hydrogen-bond donors (Lipinski definition) is 2. The molecule has 2 rings (SSSR count). The van der Waals surface area contributed by atoms with Crippen LogP contribution in [0.15, 0.2) is 6.20 Å². The molecule has 2 N–H and O–H groups in total. The summed E-state index contributed by atoms with van der Waals surface area (Å²) in [6.45, 7) is 3.94. The number of aryl methyl sites for hydroxylation is 1. The van der Waals surface area contributed by atoms with E-state index >= 15 is 0 Å². The zero-order valence-corrected chi connectivity index (χ0v) is 10.4. The van der Waals surface area contributed by atoms with Crippen LogP contribution in [0.4, 0.5) is 0 Å². The minimum atomic E-state index is -0.228. The minimum Gasteiger partial charge on any atom is -0.352 e. The predicted molar refractivity (Wildman–Crippen MR) is 64.9 cm³/mol. The van der Waals surface area contributed by atoms with Crippen molar-refractivity contribution in [1.82, 2.24) is 14.9 Å². The van der Waals surface area contributed by atoms with E-state index in [1.807, 2.05) is 17.7 Å². The maximum absolute atomic E-state index is 11.9. The molecule has 1 unspecified atom stereocenters. The van der Waals surface area contributed by atoms with Gasteiger partial charge in [0, 0.05) is 17.9 Å². The highest BCUT2D eigenvalue weighted by molar-refractivity contribution is 7.71. The third-order valence-corrected chi connectivity index (χ3v) is 3.26.